The summed E-state index contributed by atoms with van der Waals surface area (Å²) in [6.07, 6.45) is 5.63. The van der Waals surface area contributed by atoms with Gasteiger partial charge in [0.2, 0.25) is 0 Å². The number of hydrogen-bond acceptors (Lipinski definition) is 3. The topological polar surface area (TPSA) is 63.6 Å². The van der Waals surface area contributed by atoms with Gasteiger partial charge in [-0.25, -0.2) is 0 Å². The lowest BCUT2D eigenvalue weighted by Crippen LogP contribution is -2.27. The molecule has 0 amide bonds. The first-order valence-corrected chi connectivity index (χ1v) is 6.54. The van der Waals surface area contributed by atoms with E-state index in [0.717, 1.165) is 19.3 Å². The van der Waals surface area contributed by atoms with Crippen LogP contribution in [0.3, 0.4) is 0 Å². The van der Waals surface area contributed by atoms with Crippen LogP contribution >= 0.6 is 0 Å². The molecule has 0 aromatic heterocycles. The minimum atomic E-state index is -0.736. The van der Waals surface area contributed by atoms with Gasteiger partial charge in [-0.15, -0.1) is 0 Å². The summed E-state index contributed by atoms with van der Waals surface area (Å²) in [6, 6.07) is 0. The Bertz CT molecular complexity index is 254. The second-order valence-electron chi connectivity index (χ2n) is 4.76. The van der Waals surface area contributed by atoms with E-state index in [1.807, 2.05) is 0 Å². The van der Waals surface area contributed by atoms with Gasteiger partial charge in [-0.05, 0) is 32.1 Å². The lowest BCUT2D eigenvalue weighted by atomic mass is 9.82. The van der Waals surface area contributed by atoms with E-state index in [2.05, 4.69) is 6.92 Å². The molecule has 0 radical (unpaired) electrons. The molecule has 0 saturated heterocycles. The highest BCUT2D eigenvalue weighted by Gasteiger charge is 2.30. The lowest BCUT2D eigenvalue weighted by molar-refractivity contribution is -0.152. The van der Waals surface area contributed by atoms with Crippen molar-refractivity contribution in [2.24, 2.45) is 11.8 Å². The third-order valence-electron chi connectivity index (χ3n) is 3.40. The quantitative estimate of drug-likeness (QED) is 0.574. The number of carbonyl (C=O) groups excluding carboxylic acids is 1. The monoisotopic (exact) mass is 242 g/mol. The van der Waals surface area contributed by atoms with Crippen LogP contribution in [0.4, 0.5) is 0 Å². The van der Waals surface area contributed by atoms with E-state index in [0.29, 0.717) is 32.3 Å². The SMILES string of the molecule is CCCCCOC(=O)C1CCC(C(=O)O)CC1. The molecule has 0 bridgehead atoms. The van der Waals surface area contributed by atoms with E-state index in [4.69, 9.17) is 9.84 Å². The third kappa shape index (κ3) is 4.75. The molecule has 0 spiro atoms. The molecule has 98 valence electrons. The van der Waals surface area contributed by atoms with Gasteiger partial charge in [0.1, 0.15) is 0 Å². The Balaban J connectivity index is 2.19. The Kier molecular flexibility index (Phi) is 6.01. The number of esters is 1. The van der Waals surface area contributed by atoms with E-state index in [1.165, 1.54) is 0 Å². The number of hydrogen-bond donors (Lipinski definition) is 1. The van der Waals surface area contributed by atoms with E-state index in [9.17, 15) is 9.59 Å². The van der Waals surface area contributed by atoms with Crippen LogP contribution in [0.2, 0.25) is 0 Å². The highest BCUT2D eigenvalue weighted by Crippen LogP contribution is 2.29. The highest BCUT2D eigenvalue weighted by molar-refractivity contribution is 5.74. The summed E-state index contributed by atoms with van der Waals surface area (Å²) < 4.78 is 5.19. The number of unbranched alkanes of at least 4 members (excludes halogenated alkanes) is 2. The van der Waals surface area contributed by atoms with Crippen LogP contribution in [0.5, 0.6) is 0 Å². The molecule has 1 rings (SSSR count). The zero-order valence-electron chi connectivity index (χ0n) is 10.5. The van der Waals surface area contributed by atoms with Crippen LogP contribution in [0.15, 0.2) is 0 Å². The van der Waals surface area contributed by atoms with Gasteiger partial charge in [-0.3, -0.25) is 9.59 Å². The van der Waals surface area contributed by atoms with Gasteiger partial charge >= 0.3 is 11.9 Å². The van der Waals surface area contributed by atoms with Crippen molar-refractivity contribution in [1.29, 1.82) is 0 Å². The van der Waals surface area contributed by atoms with Crippen molar-refractivity contribution in [2.75, 3.05) is 6.61 Å². The maximum atomic E-state index is 11.7. The molecule has 1 fully saturated rings. The van der Waals surface area contributed by atoms with Crippen molar-refractivity contribution in [1.82, 2.24) is 0 Å². The molecule has 0 aromatic carbocycles. The molecule has 0 aromatic rings. The zero-order chi connectivity index (χ0) is 12.7. The second-order valence-corrected chi connectivity index (χ2v) is 4.76. The van der Waals surface area contributed by atoms with Crippen molar-refractivity contribution in [2.45, 2.75) is 51.9 Å². The molecule has 0 atom stereocenters. The van der Waals surface area contributed by atoms with Gasteiger partial charge in [0.25, 0.3) is 0 Å². The summed E-state index contributed by atoms with van der Waals surface area (Å²) in [7, 11) is 0. The van der Waals surface area contributed by atoms with Gasteiger partial charge in [-0.1, -0.05) is 19.8 Å². The summed E-state index contributed by atoms with van der Waals surface area (Å²) in [5.41, 5.74) is 0. The number of carbonyl (C=O) groups is 2. The largest absolute Gasteiger partial charge is 0.481 e. The second kappa shape index (κ2) is 7.30. The van der Waals surface area contributed by atoms with Crippen LogP contribution in [-0.4, -0.2) is 23.7 Å². The van der Waals surface area contributed by atoms with Crippen LogP contribution in [0, 0.1) is 11.8 Å². The molecule has 4 nitrogen and oxygen atoms in total. The van der Waals surface area contributed by atoms with Gasteiger partial charge in [0, 0.05) is 0 Å². The zero-order valence-corrected chi connectivity index (χ0v) is 10.5. The third-order valence-corrected chi connectivity index (χ3v) is 3.40. The minimum Gasteiger partial charge on any atom is -0.481 e. The van der Waals surface area contributed by atoms with Crippen LogP contribution in [0.1, 0.15) is 51.9 Å². The predicted octanol–water partition coefficient (Wildman–Crippen LogP) is 2.61. The molecule has 1 saturated carbocycles. The van der Waals surface area contributed by atoms with Crippen LogP contribution in [0.25, 0.3) is 0 Å². The van der Waals surface area contributed by atoms with Crippen molar-refractivity contribution in [3.63, 3.8) is 0 Å². The smallest absolute Gasteiger partial charge is 0.308 e. The molecule has 17 heavy (non-hydrogen) atoms. The molecular weight excluding hydrogens is 220 g/mol. The molecule has 1 aliphatic rings. The van der Waals surface area contributed by atoms with Crippen LogP contribution < -0.4 is 0 Å². The van der Waals surface area contributed by atoms with Gasteiger partial charge in [-0.2, -0.15) is 0 Å². The maximum Gasteiger partial charge on any atom is 0.308 e. The fourth-order valence-electron chi connectivity index (χ4n) is 2.22. The molecule has 0 unspecified atom stereocenters. The van der Waals surface area contributed by atoms with Crippen molar-refractivity contribution in [3.05, 3.63) is 0 Å². The normalized spacial score (nSPS) is 24.3. The Morgan fingerprint density at radius 1 is 1.12 bits per heavy atom. The van der Waals surface area contributed by atoms with Gasteiger partial charge < -0.3 is 9.84 Å². The first-order valence-electron chi connectivity index (χ1n) is 6.54. The first kappa shape index (κ1) is 14.0. The number of aliphatic carboxylic acids is 1. The summed E-state index contributed by atoms with van der Waals surface area (Å²) in [4.78, 5) is 22.4. The number of rotatable bonds is 6. The summed E-state index contributed by atoms with van der Waals surface area (Å²) in [5, 5.41) is 8.85. The van der Waals surface area contributed by atoms with E-state index in [-0.39, 0.29) is 17.8 Å². The number of carboxylic acid groups (broad SMARTS) is 1. The fourth-order valence-corrected chi connectivity index (χ4v) is 2.22. The maximum absolute atomic E-state index is 11.7. The average molecular weight is 242 g/mol. The van der Waals surface area contributed by atoms with Crippen molar-refractivity contribution in [3.8, 4) is 0 Å². The Hall–Kier alpha value is -1.06. The summed E-state index contributed by atoms with van der Waals surface area (Å²) in [6.45, 7) is 2.61. The Morgan fingerprint density at radius 3 is 2.24 bits per heavy atom. The average Bonchev–Trinajstić information content (AvgIpc) is 2.34. The predicted molar refractivity (Wildman–Crippen MR) is 63.6 cm³/mol. The first-order chi connectivity index (χ1) is 8.15. The molecule has 1 N–H and O–H groups in total. The highest BCUT2D eigenvalue weighted by atomic mass is 16.5. The van der Waals surface area contributed by atoms with Gasteiger partial charge in [0.15, 0.2) is 0 Å². The lowest BCUT2D eigenvalue weighted by Gasteiger charge is -2.24. The standard InChI is InChI=1S/C13H22O4/c1-2-3-4-9-17-13(16)11-7-5-10(6-8-11)12(14)15/h10-11H,2-9H2,1H3,(H,14,15). The molecular formula is C13H22O4. The minimum absolute atomic E-state index is 0.0766. The van der Waals surface area contributed by atoms with E-state index < -0.39 is 5.97 Å². The Morgan fingerprint density at radius 2 is 1.71 bits per heavy atom. The number of carboxylic acids is 1. The van der Waals surface area contributed by atoms with Crippen molar-refractivity contribution < 1.29 is 19.4 Å². The number of ether oxygens (including phenoxy) is 1. The fraction of sp³-hybridized carbons (Fsp3) is 0.846. The molecule has 1 aliphatic carbocycles. The van der Waals surface area contributed by atoms with E-state index in [1.54, 1.807) is 0 Å². The molecule has 0 aliphatic heterocycles. The Labute approximate surface area is 102 Å². The molecule has 0 heterocycles. The summed E-state index contributed by atoms with van der Waals surface area (Å²) in [5.74, 6) is -1.21. The summed E-state index contributed by atoms with van der Waals surface area (Å²) >= 11 is 0. The van der Waals surface area contributed by atoms with Crippen molar-refractivity contribution >= 4 is 11.9 Å². The van der Waals surface area contributed by atoms with Crippen LogP contribution in [-0.2, 0) is 14.3 Å². The van der Waals surface area contributed by atoms with E-state index >= 15 is 0 Å². The van der Waals surface area contributed by atoms with Gasteiger partial charge in [0.05, 0.1) is 18.4 Å². The molecule has 4 heteroatoms.